The highest BCUT2D eigenvalue weighted by atomic mass is 79.9. The molecule has 18 heavy (non-hydrogen) atoms. The molecule has 98 valence electrons. The van der Waals surface area contributed by atoms with E-state index in [4.69, 9.17) is 4.74 Å². The minimum atomic E-state index is 0.138. The van der Waals surface area contributed by atoms with Crippen LogP contribution in [0, 0.1) is 0 Å². The van der Waals surface area contributed by atoms with Crippen LogP contribution >= 0.6 is 31.9 Å². The Hall–Kier alpha value is -0.320. The van der Waals surface area contributed by atoms with Crippen LogP contribution in [-0.2, 0) is 4.74 Å². The first-order valence-corrected chi connectivity index (χ1v) is 7.82. The summed E-state index contributed by atoms with van der Waals surface area (Å²) in [6, 6.07) is 6.38. The zero-order valence-electron chi connectivity index (χ0n) is 10.4. The van der Waals surface area contributed by atoms with Crippen molar-refractivity contribution in [1.82, 2.24) is 5.32 Å². The molecule has 0 radical (unpaired) electrons. The third-order valence-electron chi connectivity index (χ3n) is 2.88. The van der Waals surface area contributed by atoms with Gasteiger partial charge in [0.15, 0.2) is 0 Å². The van der Waals surface area contributed by atoms with Crippen molar-refractivity contribution in [3.05, 3.63) is 44.5 Å². The fourth-order valence-electron chi connectivity index (χ4n) is 2.03. The van der Waals surface area contributed by atoms with Gasteiger partial charge in [0, 0.05) is 15.4 Å². The fraction of sp³-hybridized carbons (Fsp3) is 0.429. The summed E-state index contributed by atoms with van der Waals surface area (Å²) in [5.74, 6) is 1.04. The van der Waals surface area contributed by atoms with E-state index >= 15 is 0 Å². The molecule has 0 saturated carbocycles. The van der Waals surface area contributed by atoms with E-state index in [1.807, 2.05) is 6.07 Å². The van der Waals surface area contributed by atoms with E-state index in [9.17, 15) is 0 Å². The molecule has 0 bridgehead atoms. The third kappa shape index (κ3) is 3.37. The minimum absolute atomic E-state index is 0.138. The van der Waals surface area contributed by atoms with Gasteiger partial charge in [-0.2, -0.15) is 0 Å². The number of benzene rings is 1. The normalized spacial score (nSPS) is 16.3. The number of nitrogens with one attached hydrogen (secondary N) is 1. The zero-order chi connectivity index (χ0) is 13.0. The molecule has 1 aliphatic rings. The molecule has 1 atom stereocenters. The number of ether oxygens (including phenoxy) is 1. The van der Waals surface area contributed by atoms with Crippen LogP contribution in [0.25, 0.3) is 0 Å². The Morgan fingerprint density at radius 3 is 2.89 bits per heavy atom. The van der Waals surface area contributed by atoms with Crippen LogP contribution < -0.4 is 5.32 Å². The Morgan fingerprint density at radius 1 is 1.39 bits per heavy atom. The lowest BCUT2D eigenvalue weighted by atomic mass is 10.0. The molecule has 1 N–H and O–H groups in total. The highest BCUT2D eigenvalue weighted by Crippen LogP contribution is 2.33. The molecule has 1 heterocycles. The third-order valence-corrected chi connectivity index (χ3v) is 4.10. The van der Waals surface area contributed by atoms with Crippen molar-refractivity contribution in [3.63, 3.8) is 0 Å². The topological polar surface area (TPSA) is 21.3 Å². The van der Waals surface area contributed by atoms with E-state index in [1.165, 1.54) is 5.56 Å². The maximum absolute atomic E-state index is 5.72. The Morgan fingerprint density at radius 2 is 2.22 bits per heavy atom. The van der Waals surface area contributed by atoms with Crippen molar-refractivity contribution >= 4 is 31.9 Å². The highest BCUT2D eigenvalue weighted by molar-refractivity contribution is 9.11. The summed E-state index contributed by atoms with van der Waals surface area (Å²) in [4.78, 5) is 0. The van der Waals surface area contributed by atoms with Crippen LogP contribution in [0.1, 0.15) is 31.4 Å². The SMILES string of the molecule is CCCNC(C1=CCCO1)c1cc(Br)ccc1Br. The Bertz CT molecular complexity index is 445. The molecule has 0 aliphatic carbocycles. The number of rotatable bonds is 5. The van der Waals surface area contributed by atoms with Gasteiger partial charge >= 0.3 is 0 Å². The van der Waals surface area contributed by atoms with Crippen molar-refractivity contribution < 1.29 is 4.74 Å². The van der Waals surface area contributed by atoms with Crippen LogP contribution in [0.3, 0.4) is 0 Å². The van der Waals surface area contributed by atoms with Gasteiger partial charge in [-0.1, -0.05) is 38.8 Å². The zero-order valence-corrected chi connectivity index (χ0v) is 13.6. The van der Waals surface area contributed by atoms with Crippen LogP contribution in [-0.4, -0.2) is 13.2 Å². The minimum Gasteiger partial charge on any atom is -0.496 e. The lowest BCUT2D eigenvalue weighted by molar-refractivity contribution is 0.215. The molecular formula is C14H17Br2NO. The summed E-state index contributed by atoms with van der Waals surface area (Å²) in [6.07, 6.45) is 4.29. The monoisotopic (exact) mass is 373 g/mol. The molecule has 1 aromatic carbocycles. The second kappa shape index (κ2) is 6.73. The van der Waals surface area contributed by atoms with Crippen molar-refractivity contribution in [3.8, 4) is 0 Å². The van der Waals surface area contributed by atoms with Gasteiger partial charge in [-0.05, 0) is 42.8 Å². The molecule has 0 fully saturated rings. The van der Waals surface area contributed by atoms with Crippen molar-refractivity contribution in [2.75, 3.05) is 13.2 Å². The Labute approximate surface area is 125 Å². The molecule has 0 saturated heterocycles. The first-order chi connectivity index (χ1) is 8.72. The average molecular weight is 375 g/mol. The van der Waals surface area contributed by atoms with Gasteiger partial charge in [0.1, 0.15) is 5.76 Å². The average Bonchev–Trinajstić information content (AvgIpc) is 2.88. The second-order valence-electron chi connectivity index (χ2n) is 4.30. The van der Waals surface area contributed by atoms with Crippen LogP contribution in [0.5, 0.6) is 0 Å². The van der Waals surface area contributed by atoms with E-state index in [1.54, 1.807) is 0 Å². The molecule has 0 amide bonds. The lowest BCUT2D eigenvalue weighted by Gasteiger charge is -2.21. The molecule has 0 aromatic heterocycles. The largest absolute Gasteiger partial charge is 0.496 e. The number of hydrogen-bond acceptors (Lipinski definition) is 2. The van der Waals surface area contributed by atoms with Crippen LogP contribution in [0.15, 0.2) is 39.0 Å². The van der Waals surface area contributed by atoms with Gasteiger partial charge in [-0.15, -0.1) is 0 Å². The summed E-state index contributed by atoms with van der Waals surface area (Å²) >= 11 is 7.16. The standard InChI is InChI=1S/C14H17Br2NO/c1-2-7-17-14(13-4-3-8-18-13)11-9-10(15)5-6-12(11)16/h4-6,9,14,17H,2-3,7-8H2,1H3. The van der Waals surface area contributed by atoms with Crippen molar-refractivity contribution in [2.45, 2.75) is 25.8 Å². The van der Waals surface area contributed by atoms with Gasteiger partial charge < -0.3 is 10.1 Å². The fourth-order valence-corrected chi connectivity index (χ4v) is 2.88. The maximum Gasteiger partial charge on any atom is 0.114 e. The summed E-state index contributed by atoms with van der Waals surface area (Å²) in [7, 11) is 0. The maximum atomic E-state index is 5.72. The molecule has 1 aliphatic heterocycles. The van der Waals surface area contributed by atoms with Gasteiger partial charge in [-0.25, -0.2) is 0 Å². The first kappa shape index (κ1) is 14.1. The molecule has 2 nitrogen and oxygen atoms in total. The van der Waals surface area contributed by atoms with E-state index in [0.29, 0.717) is 0 Å². The van der Waals surface area contributed by atoms with Gasteiger partial charge in [0.25, 0.3) is 0 Å². The predicted molar refractivity (Wildman–Crippen MR) is 81.5 cm³/mol. The predicted octanol–water partition coefficient (Wildman–Crippen LogP) is 4.56. The van der Waals surface area contributed by atoms with Crippen LogP contribution in [0.4, 0.5) is 0 Å². The summed E-state index contributed by atoms with van der Waals surface area (Å²) < 4.78 is 7.92. The molecule has 4 heteroatoms. The quantitative estimate of drug-likeness (QED) is 0.815. The smallest absolute Gasteiger partial charge is 0.114 e. The van der Waals surface area contributed by atoms with E-state index in [2.05, 4.69) is 62.3 Å². The molecular weight excluding hydrogens is 358 g/mol. The van der Waals surface area contributed by atoms with E-state index < -0.39 is 0 Å². The first-order valence-electron chi connectivity index (χ1n) is 6.23. The van der Waals surface area contributed by atoms with E-state index in [0.717, 1.165) is 40.7 Å². The molecule has 1 unspecified atom stereocenters. The Kier molecular flexibility index (Phi) is 5.27. The summed E-state index contributed by atoms with van der Waals surface area (Å²) in [6.45, 7) is 3.94. The number of hydrogen-bond donors (Lipinski definition) is 1. The van der Waals surface area contributed by atoms with Gasteiger partial charge in [0.05, 0.1) is 12.6 Å². The lowest BCUT2D eigenvalue weighted by Crippen LogP contribution is -2.24. The van der Waals surface area contributed by atoms with Crippen molar-refractivity contribution in [2.24, 2.45) is 0 Å². The molecule has 0 spiro atoms. The Balaban J connectivity index is 2.29. The number of halogens is 2. The van der Waals surface area contributed by atoms with Crippen molar-refractivity contribution in [1.29, 1.82) is 0 Å². The molecule has 1 aromatic rings. The second-order valence-corrected chi connectivity index (χ2v) is 6.07. The van der Waals surface area contributed by atoms with Gasteiger partial charge in [0.2, 0.25) is 0 Å². The molecule has 2 rings (SSSR count). The van der Waals surface area contributed by atoms with E-state index in [-0.39, 0.29) is 6.04 Å². The highest BCUT2D eigenvalue weighted by Gasteiger charge is 2.22. The summed E-state index contributed by atoms with van der Waals surface area (Å²) in [5.41, 5.74) is 1.21. The van der Waals surface area contributed by atoms with Gasteiger partial charge in [-0.3, -0.25) is 0 Å². The summed E-state index contributed by atoms with van der Waals surface area (Å²) in [5, 5.41) is 3.55. The van der Waals surface area contributed by atoms with Crippen LogP contribution in [0.2, 0.25) is 0 Å².